The molecule has 1 aromatic rings. The number of nitrogens with zero attached hydrogens (tertiary/aromatic N) is 3. The fraction of sp³-hybridized carbons (Fsp3) is 0.833. The summed E-state index contributed by atoms with van der Waals surface area (Å²) in [6, 6.07) is 1.39. The standard InChI is InChI=1S/C24H32F2N4O5S/c25-24(26)6-14(24)7-29-8-18-19(9-29)20(18)12-36(32,33)30-16-1-2-17(30)4-15(3-16)27-23(31)21-5-22(35-28-21)13-10-34-11-13/h5,13-20H,1-4,6-12H2,(H,27,31). The monoisotopic (exact) mass is 526 g/mol. The highest BCUT2D eigenvalue weighted by atomic mass is 32.2. The summed E-state index contributed by atoms with van der Waals surface area (Å²) in [6.45, 7) is 3.08. The molecule has 5 atom stereocenters. The van der Waals surface area contributed by atoms with E-state index in [0.29, 0.717) is 50.2 Å². The zero-order valence-electron chi connectivity index (χ0n) is 20.0. The van der Waals surface area contributed by atoms with Crippen molar-refractivity contribution in [3.8, 4) is 0 Å². The maximum atomic E-state index is 13.4. The second-order valence-corrected chi connectivity index (χ2v) is 13.8. The van der Waals surface area contributed by atoms with Gasteiger partial charge in [0, 0.05) is 56.2 Å². The quantitative estimate of drug-likeness (QED) is 0.550. The van der Waals surface area contributed by atoms with Crippen molar-refractivity contribution in [2.45, 2.75) is 62.1 Å². The SMILES string of the molecule is O=C(NC1CC2CCC(C1)N2S(=O)(=O)CC1C2CN(CC3CC3(F)F)CC21)c1cc(C2COC2)on1. The summed E-state index contributed by atoms with van der Waals surface area (Å²) in [5, 5.41) is 6.94. The van der Waals surface area contributed by atoms with Gasteiger partial charge >= 0.3 is 0 Å². The normalized spacial score (nSPS) is 39.6. The number of ether oxygens (including phenoxy) is 1. The van der Waals surface area contributed by atoms with Crippen LogP contribution in [0.3, 0.4) is 0 Å². The Morgan fingerprint density at radius 3 is 2.42 bits per heavy atom. The number of carbonyl (C=O) groups excluding carboxylic acids is 1. The average Bonchev–Trinajstić information content (AvgIpc) is 3.30. The number of carbonyl (C=O) groups is 1. The van der Waals surface area contributed by atoms with Crippen LogP contribution >= 0.6 is 0 Å². The van der Waals surface area contributed by atoms with Crippen LogP contribution in [0.2, 0.25) is 0 Å². The molecule has 0 radical (unpaired) electrons. The molecular weight excluding hydrogens is 494 g/mol. The molecule has 7 rings (SSSR count). The Hall–Kier alpha value is -1.63. The molecule has 1 aromatic heterocycles. The summed E-state index contributed by atoms with van der Waals surface area (Å²) < 4.78 is 65.5. The Labute approximate surface area is 208 Å². The van der Waals surface area contributed by atoms with Crippen LogP contribution in [0.25, 0.3) is 0 Å². The van der Waals surface area contributed by atoms with Crippen molar-refractivity contribution < 1.29 is 31.3 Å². The van der Waals surface area contributed by atoms with E-state index in [2.05, 4.69) is 15.4 Å². The first kappa shape index (κ1) is 23.5. The van der Waals surface area contributed by atoms with E-state index >= 15 is 0 Å². The van der Waals surface area contributed by atoms with Crippen molar-refractivity contribution in [3.05, 3.63) is 17.5 Å². The second-order valence-electron chi connectivity index (χ2n) is 11.9. The Morgan fingerprint density at radius 2 is 1.83 bits per heavy atom. The average molecular weight is 527 g/mol. The Morgan fingerprint density at radius 1 is 1.17 bits per heavy atom. The van der Waals surface area contributed by atoms with Gasteiger partial charge in [-0.3, -0.25) is 4.79 Å². The van der Waals surface area contributed by atoms with Gasteiger partial charge in [0.2, 0.25) is 10.0 Å². The lowest BCUT2D eigenvalue weighted by Gasteiger charge is -2.38. The summed E-state index contributed by atoms with van der Waals surface area (Å²) in [7, 11) is -3.41. The third kappa shape index (κ3) is 4.08. The maximum absolute atomic E-state index is 13.4. The fourth-order valence-corrected chi connectivity index (χ4v) is 9.64. The van der Waals surface area contributed by atoms with E-state index < -0.39 is 21.9 Å². The number of amides is 1. The number of nitrogens with one attached hydrogen (secondary N) is 1. The molecule has 12 heteroatoms. The van der Waals surface area contributed by atoms with Gasteiger partial charge in [-0.2, -0.15) is 4.31 Å². The predicted molar refractivity (Wildman–Crippen MR) is 123 cm³/mol. The van der Waals surface area contributed by atoms with Gasteiger partial charge in [0.05, 0.1) is 24.9 Å². The smallest absolute Gasteiger partial charge is 0.273 e. The number of aromatic nitrogens is 1. The van der Waals surface area contributed by atoms with Gasteiger partial charge in [0.25, 0.3) is 11.8 Å². The lowest BCUT2D eigenvalue weighted by molar-refractivity contribution is -0.00228. The van der Waals surface area contributed by atoms with Crippen LogP contribution < -0.4 is 5.32 Å². The lowest BCUT2D eigenvalue weighted by Crippen LogP contribution is -2.53. The molecule has 2 bridgehead atoms. The lowest BCUT2D eigenvalue weighted by atomic mass is 9.99. The van der Waals surface area contributed by atoms with E-state index in [1.807, 2.05) is 0 Å². The highest BCUT2D eigenvalue weighted by Crippen LogP contribution is 2.55. The van der Waals surface area contributed by atoms with Gasteiger partial charge < -0.3 is 19.5 Å². The zero-order valence-corrected chi connectivity index (χ0v) is 20.8. The van der Waals surface area contributed by atoms with Crippen LogP contribution in [-0.2, 0) is 14.8 Å². The minimum Gasteiger partial charge on any atom is -0.380 e. The summed E-state index contributed by atoms with van der Waals surface area (Å²) >= 11 is 0. The Bertz CT molecular complexity index is 1130. The first-order valence-corrected chi connectivity index (χ1v) is 14.8. The van der Waals surface area contributed by atoms with E-state index in [1.54, 1.807) is 10.4 Å². The minimum atomic E-state index is -3.41. The molecule has 4 saturated heterocycles. The molecule has 1 amide bonds. The summed E-state index contributed by atoms with van der Waals surface area (Å²) in [5.74, 6) is -1.54. The van der Waals surface area contributed by atoms with Crippen LogP contribution in [-0.4, -0.2) is 91.3 Å². The number of sulfonamides is 1. The molecule has 0 spiro atoms. The van der Waals surface area contributed by atoms with E-state index in [-0.39, 0.29) is 53.7 Å². The first-order chi connectivity index (χ1) is 17.2. The van der Waals surface area contributed by atoms with E-state index in [1.165, 1.54) is 0 Å². The molecule has 6 fully saturated rings. The van der Waals surface area contributed by atoms with Gasteiger partial charge in [-0.25, -0.2) is 17.2 Å². The summed E-state index contributed by atoms with van der Waals surface area (Å²) in [5.41, 5.74) is 0.249. The number of halogens is 2. The fourth-order valence-electron chi connectivity index (χ4n) is 7.20. The number of hydrogen-bond donors (Lipinski definition) is 1. The van der Waals surface area contributed by atoms with Crippen molar-refractivity contribution in [2.24, 2.45) is 23.7 Å². The molecule has 198 valence electrons. The van der Waals surface area contributed by atoms with Gasteiger partial charge in [-0.15, -0.1) is 0 Å². The molecule has 6 aliphatic rings. The van der Waals surface area contributed by atoms with Gasteiger partial charge in [-0.05, 0) is 43.4 Å². The number of fused-ring (bicyclic) bond motifs is 3. The first-order valence-electron chi connectivity index (χ1n) is 13.1. The molecule has 4 aliphatic heterocycles. The van der Waals surface area contributed by atoms with Crippen molar-refractivity contribution in [1.29, 1.82) is 0 Å². The molecule has 36 heavy (non-hydrogen) atoms. The molecule has 2 saturated carbocycles. The Kier molecular flexibility index (Phi) is 5.34. The van der Waals surface area contributed by atoms with E-state index in [0.717, 1.165) is 25.9 Å². The number of likely N-dealkylation sites (tertiary alicyclic amines) is 1. The summed E-state index contributed by atoms with van der Waals surface area (Å²) in [6.07, 6.45) is 2.82. The van der Waals surface area contributed by atoms with Crippen LogP contribution in [0, 0.1) is 23.7 Å². The van der Waals surface area contributed by atoms with Crippen LogP contribution in [0.1, 0.15) is 54.3 Å². The Balaban J connectivity index is 0.921. The van der Waals surface area contributed by atoms with Crippen LogP contribution in [0.15, 0.2) is 10.6 Å². The third-order valence-corrected chi connectivity index (χ3v) is 11.5. The minimum absolute atomic E-state index is 0.00858. The van der Waals surface area contributed by atoms with Gasteiger partial charge in [0.15, 0.2) is 5.69 Å². The number of alkyl halides is 2. The number of piperidine rings is 2. The molecule has 5 unspecified atom stereocenters. The van der Waals surface area contributed by atoms with E-state index in [9.17, 15) is 22.0 Å². The van der Waals surface area contributed by atoms with Gasteiger partial charge in [-0.1, -0.05) is 5.16 Å². The number of rotatable bonds is 8. The highest BCUT2D eigenvalue weighted by Gasteiger charge is 2.62. The third-order valence-electron chi connectivity index (χ3n) is 9.41. The van der Waals surface area contributed by atoms with Crippen LogP contribution in [0.5, 0.6) is 0 Å². The summed E-state index contributed by atoms with van der Waals surface area (Å²) in [4.78, 5) is 14.8. The van der Waals surface area contributed by atoms with Crippen molar-refractivity contribution in [2.75, 3.05) is 38.6 Å². The predicted octanol–water partition coefficient (Wildman–Crippen LogP) is 1.68. The topological polar surface area (TPSA) is 105 Å². The van der Waals surface area contributed by atoms with E-state index in [4.69, 9.17) is 9.26 Å². The molecule has 2 aliphatic carbocycles. The van der Waals surface area contributed by atoms with Crippen LogP contribution in [0.4, 0.5) is 8.78 Å². The van der Waals surface area contributed by atoms with Crippen molar-refractivity contribution >= 4 is 15.9 Å². The molecular formula is C24H32F2N4O5S. The largest absolute Gasteiger partial charge is 0.380 e. The van der Waals surface area contributed by atoms with Gasteiger partial charge in [0.1, 0.15) is 5.76 Å². The molecule has 1 N–H and O–H groups in total. The molecule has 9 nitrogen and oxygen atoms in total. The van der Waals surface area contributed by atoms with Crippen molar-refractivity contribution in [1.82, 2.24) is 19.7 Å². The molecule has 5 heterocycles. The highest BCUT2D eigenvalue weighted by molar-refractivity contribution is 7.89. The second kappa shape index (κ2) is 8.18. The number of hydrogen-bond acceptors (Lipinski definition) is 7. The zero-order chi connectivity index (χ0) is 24.8. The molecule has 0 aromatic carbocycles. The van der Waals surface area contributed by atoms with Crippen molar-refractivity contribution in [3.63, 3.8) is 0 Å². The maximum Gasteiger partial charge on any atom is 0.273 e.